The van der Waals surface area contributed by atoms with E-state index >= 15 is 0 Å². The lowest BCUT2D eigenvalue weighted by atomic mass is 9.73. The molecule has 0 aromatic carbocycles. The van der Waals surface area contributed by atoms with E-state index in [4.69, 9.17) is 0 Å². The third-order valence-corrected chi connectivity index (χ3v) is 5.06. The molecule has 2 aliphatic rings. The van der Waals surface area contributed by atoms with Crippen LogP contribution in [0.1, 0.15) is 71.1 Å². The zero-order valence-electron chi connectivity index (χ0n) is 12.2. The summed E-state index contributed by atoms with van der Waals surface area (Å²) in [4.78, 5) is 12.2. The third kappa shape index (κ3) is 4.09. The number of allylic oxidation sites excluding steroid dienone is 2. The number of aliphatic hydroxyl groups excluding tert-OH is 1. The Morgan fingerprint density at radius 1 is 1.16 bits per heavy atom. The van der Waals surface area contributed by atoms with Crippen LogP contribution in [0.3, 0.4) is 0 Å². The Hall–Kier alpha value is -0.790. The summed E-state index contributed by atoms with van der Waals surface area (Å²) in [6.07, 6.45) is 13.2. The van der Waals surface area contributed by atoms with Crippen LogP contribution in [-0.2, 0) is 4.79 Å². The van der Waals surface area contributed by atoms with Crippen LogP contribution < -0.4 is 0 Å². The first-order valence-corrected chi connectivity index (χ1v) is 8.14. The molecule has 2 heteroatoms. The monoisotopic (exact) mass is 264 g/mol. The van der Waals surface area contributed by atoms with Crippen LogP contribution in [0.4, 0.5) is 0 Å². The maximum Gasteiger partial charge on any atom is 0.162 e. The van der Waals surface area contributed by atoms with Crippen LogP contribution in [-0.4, -0.2) is 10.9 Å². The summed E-state index contributed by atoms with van der Waals surface area (Å²) in [6.45, 7) is 2.09. The maximum atomic E-state index is 12.2. The van der Waals surface area contributed by atoms with Gasteiger partial charge in [0, 0.05) is 18.4 Å². The maximum absolute atomic E-state index is 12.2. The minimum atomic E-state index is 0.155. The predicted octanol–water partition coefficient (Wildman–Crippen LogP) is 4.79. The number of ketones is 1. The van der Waals surface area contributed by atoms with E-state index in [0.717, 1.165) is 6.42 Å². The minimum absolute atomic E-state index is 0.155. The Bertz CT molecular complexity index is 322. The second-order valence-corrected chi connectivity index (χ2v) is 6.45. The van der Waals surface area contributed by atoms with Crippen LogP contribution in [0.2, 0.25) is 0 Å². The van der Waals surface area contributed by atoms with Crippen molar-refractivity contribution in [2.45, 2.75) is 71.1 Å². The minimum Gasteiger partial charge on any atom is -0.512 e. The SMILES string of the molecule is CCC(C(=O)/C=C(\O)CC1CCCCC1)C1CCC1. The lowest BCUT2D eigenvalue weighted by Gasteiger charge is -2.31. The molecule has 0 spiro atoms. The number of hydrogen-bond acceptors (Lipinski definition) is 2. The average Bonchev–Trinajstić information content (AvgIpc) is 2.34. The molecule has 2 rings (SSSR count). The van der Waals surface area contributed by atoms with Gasteiger partial charge in [0.05, 0.1) is 5.76 Å². The highest BCUT2D eigenvalue weighted by Crippen LogP contribution is 2.36. The van der Waals surface area contributed by atoms with Crippen LogP contribution in [0, 0.1) is 17.8 Å². The average molecular weight is 264 g/mol. The molecule has 0 aromatic rings. The van der Waals surface area contributed by atoms with Crippen LogP contribution in [0.25, 0.3) is 0 Å². The van der Waals surface area contributed by atoms with Crippen molar-refractivity contribution in [3.8, 4) is 0 Å². The van der Waals surface area contributed by atoms with Gasteiger partial charge >= 0.3 is 0 Å². The van der Waals surface area contributed by atoms with Crippen molar-refractivity contribution >= 4 is 5.78 Å². The quantitative estimate of drug-likeness (QED) is 0.553. The van der Waals surface area contributed by atoms with Crippen LogP contribution >= 0.6 is 0 Å². The molecule has 108 valence electrons. The number of carbonyl (C=O) groups is 1. The van der Waals surface area contributed by atoms with E-state index < -0.39 is 0 Å². The highest BCUT2D eigenvalue weighted by Gasteiger charge is 2.30. The zero-order chi connectivity index (χ0) is 13.7. The molecule has 0 amide bonds. The molecule has 2 aliphatic carbocycles. The van der Waals surface area contributed by atoms with Gasteiger partial charge in [-0.3, -0.25) is 4.79 Å². The van der Waals surface area contributed by atoms with E-state index in [9.17, 15) is 9.90 Å². The van der Waals surface area contributed by atoms with E-state index in [-0.39, 0.29) is 11.7 Å². The van der Waals surface area contributed by atoms with Crippen molar-refractivity contribution in [2.24, 2.45) is 17.8 Å². The molecule has 0 aromatic heterocycles. The number of hydrogen-bond donors (Lipinski definition) is 1. The fourth-order valence-corrected chi connectivity index (χ4v) is 3.63. The molecule has 0 heterocycles. The summed E-state index contributed by atoms with van der Waals surface area (Å²) in [7, 11) is 0. The molecule has 2 fully saturated rings. The lowest BCUT2D eigenvalue weighted by Crippen LogP contribution is -2.27. The smallest absolute Gasteiger partial charge is 0.162 e. The van der Waals surface area contributed by atoms with Gasteiger partial charge in [0.1, 0.15) is 0 Å². The van der Waals surface area contributed by atoms with Crippen molar-refractivity contribution in [1.29, 1.82) is 0 Å². The van der Waals surface area contributed by atoms with Gasteiger partial charge in [-0.2, -0.15) is 0 Å². The van der Waals surface area contributed by atoms with Crippen LogP contribution in [0.15, 0.2) is 11.8 Å². The summed E-state index contributed by atoms with van der Waals surface area (Å²) >= 11 is 0. The van der Waals surface area contributed by atoms with E-state index in [0.29, 0.717) is 24.0 Å². The number of rotatable bonds is 6. The molecule has 0 radical (unpaired) electrons. The third-order valence-electron chi connectivity index (χ3n) is 5.06. The van der Waals surface area contributed by atoms with Gasteiger partial charge in [0.2, 0.25) is 0 Å². The topological polar surface area (TPSA) is 37.3 Å². The second kappa shape index (κ2) is 7.12. The van der Waals surface area contributed by atoms with E-state index in [2.05, 4.69) is 6.92 Å². The summed E-state index contributed by atoms with van der Waals surface area (Å²) in [5.74, 6) is 1.83. The predicted molar refractivity (Wildman–Crippen MR) is 78.0 cm³/mol. The molecule has 0 bridgehead atoms. The molecular formula is C17H28O2. The normalized spacial score (nSPS) is 23.9. The summed E-state index contributed by atoms with van der Waals surface area (Å²) in [5, 5.41) is 10.0. The van der Waals surface area contributed by atoms with Crippen molar-refractivity contribution in [1.82, 2.24) is 0 Å². The molecule has 1 atom stereocenters. The first-order chi connectivity index (χ1) is 9.20. The second-order valence-electron chi connectivity index (χ2n) is 6.45. The summed E-state index contributed by atoms with van der Waals surface area (Å²) in [5.41, 5.74) is 0. The Kier molecular flexibility index (Phi) is 5.47. The Labute approximate surface area is 117 Å². The Morgan fingerprint density at radius 3 is 2.37 bits per heavy atom. The molecule has 2 saturated carbocycles. The lowest BCUT2D eigenvalue weighted by molar-refractivity contribution is -0.121. The van der Waals surface area contributed by atoms with Gasteiger partial charge < -0.3 is 5.11 Å². The largest absolute Gasteiger partial charge is 0.512 e. The van der Waals surface area contributed by atoms with Gasteiger partial charge in [0.25, 0.3) is 0 Å². The summed E-state index contributed by atoms with van der Waals surface area (Å²) in [6, 6.07) is 0. The number of carbonyl (C=O) groups excluding carboxylic acids is 1. The Balaban J connectivity index is 1.85. The first kappa shape index (κ1) is 14.6. The molecule has 0 saturated heterocycles. The summed E-state index contributed by atoms with van der Waals surface area (Å²) < 4.78 is 0. The van der Waals surface area contributed by atoms with Crippen molar-refractivity contribution in [3.05, 3.63) is 11.8 Å². The van der Waals surface area contributed by atoms with Gasteiger partial charge in [-0.05, 0) is 31.1 Å². The first-order valence-electron chi connectivity index (χ1n) is 8.14. The molecular weight excluding hydrogens is 236 g/mol. The van der Waals surface area contributed by atoms with E-state index in [1.807, 2.05) is 0 Å². The van der Waals surface area contributed by atoms with Gasteiger partial charge in [0.15, 0.2) is 5.78 Å². The molecule has 0 aliphatic heterocycles. The highest BCUT2D eigenvalue weighted by molar-refractivity contribution is 5.92. The zero-order valence-corrected chi connectivity index (χ0v) is 12.2. The highest BCUT2D eigenvalue weighted by atomic mass is 16.3. The van der Waals surface area contributed by atoms with Crippen LogP contribution in [0.5, 0.6) is 0 Å². The fourth-order valence-electron chi connectivity index (χ4n) is 3.63. The van der Waals surface area contributed by atoms with Gasteiger partial charge in [-0.25, -0.2) is 0 Å². The number of aliphatic hydroxyl groups is 1. The van der Waals surface area contributed by atoms with E-state index in [1.165, 1.54) is 51.4 Å². The van der Waals surface area contributed by atoms with Crippen molar-refractivity contribution in [3.63, 3.8) is 0 Å². The van der Waals surface area contributed by atoms with Crippen molar-refractivity contribution in [2.75, 3.05) is 0 Å². The molecule has 1 unspecified atom stereocenters. The van der Waals surface area contributed by atoms with Crippen molar-refractivity contribution < 1.29 is 9.90 Å². The van der Waals surface area contributed by atoms with Gasteiger partial charge in [-0.15, -0.1) is 0 Å². The Morgan fingerprint density at radius 2 is 1.84 bits per heavy atom. The molecule has 19 heavy (non-hydrogen) atoms. The molecule has 1 N–H and O–H groups in total. The fraction of sp³-hybridized carbons (Fsp3) is 0.824. The van der Waals surface area contributed by atoms with Gasteiger partial charge in [-0.1, -0.05) is 45.4 Å². The molecule has 2 nitrogen and oxygen atoms in total. The standard InChI is InChI=1S/C17H28O2/c1-2-16(14-9-6-10-14)17(19)12-15(18)11-13-7-4-3-5-8-13/h12-14,16,18H,2-11H2,1H3/b15-12-. The van der Waals surface area contributed by atoms with E-state index in [1.54, 1.807) is 6.08 Å².